The van der Waals surface area contributed by atoms with E-state index < -0.39 is 0 Å². The molecule has 3 nitrogen and oxygen atoms in total. The highest BCUT2D eigenvalue weighted by atomic mass is 79.9. The summed E-state index contributed by atoms with van der Waals surface area (Å²) in [4.78, 5) is 7.68. The van der Waals surface area contributed by atoms with Crippen molar-refractivity contribution >= 4 is 33.2 Å². The fourth-order valence-electron chi connectivity index (χ4n) is 1.36. The SMILES string of the molecule is CN(C(N)=NCc1cc(Br)cs1)C1CC1. The summed E-state index contributed by atoms with van der Waals surface area (Å²) >= 11 is 5.12. The van der Waals surface area contributed by atoms with Crippen molar-refractivity contribution in [2.45, 2.75) is 25.4 Å². The van der Waals surface area contributed by atoms with Crippen LogP contribution in [0.5, 0.6) is 0 Å². The largest absolute Gasteiger partial charge is 0.370 e. The minimum Gasteiger partial charge on any atom is -0.370 e. The zero-order valence-corrected chi connectivity index (χ0v) is 11.0. The third-order valence-corrected chi connectivity index (χ3v) is 4.16. The predicted octanol–water partition coefficient (Wildman–Crippen LogP) is 2.42. The van der Waals surface area contributed by atoms with E-state index in [9.17, 15) is 0 Å². The molecule has 0 amide bonds. The Balaban J connectivity index is 1.92. The maximum atomic E-state index is 5.88. The molecule has 2 N–H and O–H groups in total. The van der Waals surface area contributed by atoms with E-state index in [0.29, 0.717) is 18.5 Å². The zero-order valence-electron chi connectivity index (χ0n) is 8.61. The highest BCUT2D eigenvalue weighted by Crippen LogP contribution is 2.25. The van der Waals surface area contributed by atoms with Gasteiger partial charge in [0, 0.05) is 27.8 Å². The molecule has 82 valence electrons. The number of guanidine groups is 1. The van der Waals surface area contributed by atoms with Gasteiger partial charge in [0.05, 0.1) is 6.54 Å². The van der Waals surface area contributed by atoms with Crippen LogP contribution in [0.4, 0.5) is 0 Å². The van der Waals surface area contributed by atoms with Gasteiger partial charge in [0.2, 0.25) is 0 Å². The van der Waals surface area contributed by atoms with Gasteiger partial charge in [-0.3, -0.25) is 0 Å². The van der Waals surface area contributed by atoms with Crippen LogP contribution >= 0.6 is 27.3 Å². The Morgan fingerprint density at radius 2 is 2.47 bits per heavy atom. The summed E-state index contributed by atoms with van der Waals surface area (Å²) in [5.74, 6) is 0.655. The van der Waals surface area contributed by atoms with Crippen LogP contribution in [-0.2, 0) is 6.54 Å². The standard InChI is InChI=1S/C10H14BrN3S/c1-14(8-2-3-8)10(12)13-5-9-4-7(11)6-15-9/h4,6,8H,2-3,5H2,1H3,(H2,12,13). The number of hydrogen-bond acceptors (Lipinski definition) is 2. The topological polar surface area (TPSA) is 41.6 Å². The van der Waals surface area contributed by atoms with Gasteiger partial charge in [-0.25, -0.2) is 4.99 Å². The van der Waals surface area contributed by atoms with Gasteiger partial charge in [-0.15, -0.1) is 11.3 Å². The highest BCUT2D eigenvalue weighted by molar-refractivity contribution is 9.10. The summed E-state index contributed by atoms with van der Waals surface area (Å²) < 4.78 is 1.12. The number of thiophene rings is 1. The molecule has 0 aromatic carbocycles. The van der Waals surface area contributed by atoms with Gasteiger partial charge in [0.1, 0.15) is 0 Å². The molecule has 0 bridgehead atoms. The van der Waals surface area contributed by atoms with Crippen LogP contribution in [0, 0.1) is 0 Å². The van der Waals surface area contributed by atoms with Gasteiger partial charge in [-0.05, 0) is 34.8 Å². The first-order chi connectivity index (χ1) is 7.16. The Morgan fingerprint density at radius 3 is 3.00 bits per heavy atom. The van der Waals surface area contributed by atoms with Crippen molar-refractivity contribution in [3.8, 4) is 0 Å². The minimum atomic E-state index is 0.629. The van der Waals surface area contributed by atoms with E-state index in [2.05, 4.69) is 37.3 Å². The molecule has 0 spiro atoms. The van der Waals surface area contributed by atoms with Crippen LogP contribution in [0.15, 0.2) is 20.9 Å². The van der Waals surface area contributed by atoms with Crippen LogP contribution in [0.1, 0.15) is 17.7 Å². The van der Waals surface area contributed by atoms with Crippen molar-refractivity contribution in [3.63, 3.8) is 0 Å². The molecule has 1 aliphatic rings. The molecule has 1 aromatic rings. The summed E-state index contributed by atoms with van der Waals surface area (Å²) in [6.45, 7) is 0.680. The van der Waals surface area contributed by atoms with Crippen molar-refractivity contribution in [2.75, 3.05) is 7.05 Å². The summed E-state index contributed by atoms with van der Waals surface area (Å²) in [6.07, 6.45) is 2.49. The molecular formula is C10H14BrN3S. The maximum absolute atomic E-state index is 5.88. The fourth-order valence-corrected chi connectivity index (χ4v) is 2.73. The molecule has 15 heavy (non-hydrogen) atoms. The van der Waals surface area contributed by atoms with Gasteiger partial charge in [-0.2, -0.15) is 0 Å². The lowest BCUT2D eigenvalue weighted by Gasteiger charge is -2.16. The smallest absolute Gasteiger partial charge is 0.191 e. The normalized spacial score (nSPS) is 16.8. The molecule has 0 atom stereocenters. The first-order valence-corrected chi connectivity index (χ1v) is 6.60. The van der Waals surface area contributed by atoms with Crippen LogP contribution in [0.25, 0.3) is 0 Å². The molecular weight excluding hydrogens is 274 g/mol. The highest BCUT2D eigenvalue weighted by Gasteiger charge is 2.27. The maximum Gasteiger partial charge on any atom is 0.191 e. The van der Waals surface area contributed by atoms with E-state index in [1.807, 2.05) is 7.05 Å². The molecule has 5 heteroatoms. The number of hydrogen-bond donors (Lipinski definition) is 1. The summed E-state index contributed by atoms with van der Waals surface area (Å²) in [7, 11) is 2.01. The molecule has 1 heterocycles. The zero-order chi connectivity index (χ0) is 10.8. The van der Waals surface area contributed by atoms with Gasteiger partial charge >= 0.3 is 0 Å². The lowest BCUT2D eigenvalue weighted by atomic mass is 10.5. The Morgan fingerprint density at radius 1 is 1.73 bits per heavy atom. The fraction of sp³-hybridized carbons (Fsp3) is 0.500. The summed E-state index contributed by atoms with van der Waals surface area (Å²) in [5, 5.41) is 2.06. The van der Waals surface area contributed by atoms with Gasteiger partial charge in [0.25, 0.3) is 0 Å². The van der Waals surface area contributed by atoms with Crippen molar-refractivity contribution in [1.82, 2.24) is 4.90 Å². The quantitative estimate of drug-likeness (QED) is 0.685. The summed E-state index contributed by atoms with van der Waals surface area (Å²) in [5.41, 5.74) is 5.88. The van der Waals surface area contributed by atoms with E-state index in [1.54, 1.807) is 11.3 Å². The molecule has 2 rings (SSSR count). The van der Waals surface area contributed by atoms with Crippen molar-refractivity contribution in [2.24, 2.45) is 10.7 Å². The molecule has 1 fully saturated rings. The Kier molecular flexibility index (Phi) is 3.31. The van der Waals surface area contributed by atoms with Crippen LogP contribution in [0.2, 0.25) is 0 Å². The first kappa shape index (κ1) is 11.0. The van der Waals surface area contributed by atoms with Gasteiger partial charge in [0.15, 0.2) is 5.96 Å². The average molecular weight is 288 g/mol. The Hall–Kier alpha value is -0.550. The van der Waals surface area contributed by atoms with Gasteiger partial charge in [-0.1, -0.05) is 0 Å². The monoisotopic (exact) mass is 287 g/mol. The second-order valence-corrected chi connectivity index (χ2v) is 5.66. The third-order valence-electron chi connectivity index (χ3n) is 2.47. The second-order valence-electron chi connectivity index (χ2n) is 3.75. The molecule has 1 aliphatic carbocycles. The van der Waals surface area contributed by atoms with Crippen LogP contribution in [-0.4, -0.2) is 23.9 Å². The number of rotatable bonds is 3. The van der Waals surface area contributed by atoms with E-state index in [1.165, 1.54) is 17.7 Å². The Labute approximate surface area is 102 Å². The van der Waals surface area contributed by atoms with E-state index >= 15 is 0 Å². The predicted molar refractivity (Wildman–Crippen MR) is 68.1 cm³/mol. The Bertz CT molecular complexity index is 370. The van der Waals surface area contributed by atoms with Crippen LogP contribution in [0.3, 0.4) is 0 Å². The molecule has 1 aromatic heterocycles. The van der Waals surface area contributed by atoms with Crippen LogP contribution < -0.4 is 5.73 Å². The first-order valence-electron chi connectivity index (χ1n) is 4.92. The number of nitrogens with two attached hydrogens (primary N) is 1. The van der Waals surface area contributed by atoms with E-state index in [0.717, 1.165) is 4.47 Å². The lowest BCUT2D eigenvalue weighted by Crippen LogP contribution is -2.35. The van der Waals surface area contributed by atoms with Crippen molar-refractivity contribution in [1.29, 1.82) is 0 Å². The van der Waals surface area contributed by atoms with E-state index in [-0.39, 0.29) is 0 Å². The lowest BCUT2D eigenvalue weighted by molar-refractivity contribution is 0.487. The molecule has 1 saturated carbocycles. The number of aliphatic imine (C=N–C) groups is 1. The van der Waals surface area contributed by atoms with Gasteiger partial charge < -0.3 is 10.6 Å². The second kappa shape index (κ2) is 4.53. The average Bonchev–Trinajstić information content (AvgIpc) is 2.98. The van der Waals surface area contributed by atoms with Crippen molar-refractivity contribution < 1.29 is 0 Å². The molecule has 0 radical (unpaired) electrons. The van der Waals surface area contributed by atoms with Crippen molar-refractivity contribution in [3.05, 3.63) is 20.8 Å². The summed E-state index contributed by atoms with van der Waals surface area (Å²) in [6, 6.07) is 2.71. The minimum absolute atomic E-state index is 0.629. The number of nitrogens with zero attached hydrogens (tertiary/aromatic N) is 2. The van der Waals surface area contributed by atoms with E-state index in [4.69, 9.17) is 5.73 Å². The number of halogens is 1. The molecule has 0 unspecified atom stereocenters. The molecule has 0 aliphatic heterocycles. The third kappa shape index (κ3) is 2.95. The molecule has 0 saturated heterocycles.